The van der Waals surface area contributed by atoms with Crippen molar-refractivity contribution in [2.24, 2.45) is 9.98 Å². The lowest BCUT2D eigenvalue weighted by Gasteiger charge is -2.06. The van der Waals surface area contributed by atoms with E-state index < -0.39 is 9.84 Å². The Balaban J connectivity index is 1.50. The first kappa shape index (κ1) is 23.9. The number of para-hydroxylation sites is 2. The van der Waals surface area contributed by atoms with Crippen molar-refractivity contribution < 1.29 is 18.6 Å². The molecular formula is C28H24N2O4S. The number of phenols is 2. The maximum absolute atomic E-state index is 13.0. The molecule has 6 nitrogen and oxygen atoms in total. The molecule has 0 bridgehead atoms. The minimum atomic E-state index is -3.72. The second-order valence-corrected chi connectivity index (χ2v) is 9.98. The molecule has 0 amide bonds. The van der Waals surface area contributed by atoms with Crippen LogP contribution in [0.1, 0.15) is 22.3 Å². The van der Waals surface area contributed by atoms with Crippen LogP contribution in [0.15, 0.2) is 105 Å². The maximum atomic E-state index is 13.0. The van der Waals surface area contributed by atoms with Crippen LogP contribution in [0.2, 0.25) is 0 Å². The van der Waals surface area contributed by atoms with Gasteiger partial charge in [0.2, 0.25) is 9.84 Å². The zero-order valence-electron chi connectivity index (χ0n) is 19.3. The summed E-state index contributed by atoms with van der Waals surface area (Å²) in [4.78, 5) is 8.96. The number of sulfone groups is 1. The Bertz CT molecular complexity index is 1410. The van der Waals surface area contributed by atoms with Crippen molar-refractivity contribution in [2.45, 2.75) is 23.6 Å². The van der Waals surface area contributed by atoms with E-state index in [2.05, 4.69) is 9.98 Å². The Kier molecular flexibility index (Phi) is 6.80. The van der Waals surface area contributed by atoms with Gasteiger partial charge >= 0.3 is 0 Å². The van der Waals surface area contributed by atoms with Gasteiger partial charge in [-0.3, -0.25) is 9.98 Å². The van der Waals surface area contributed by atoms with E-state index in [9.17, 15) is 18.6 Å². The van der Waals surface area contributed by atoms with E-state index in [1.807, 2.05) is 12.1 Å². The first-order chi connectivity index (χ1) is 16.8. The van der Waals surface area contributed by atoms with Crippen molar-refractivity contribution in [1.29, 1.82) is 0 Å². The largest absolute Gasteiger partial charge is 0.507 e. The number of nitrogens with zero attached hydrogens (tertiary/aromatic N) is 2. The van der Waals surface area contributed by atoms with Crippen LogP contribution >= 0.6 is 0 Å². The Labute approximate surface area is 204 Å². The molecule has 0 radical (unpaired) electrons. The molecule has 0 heterocycles. The third kappa shape index (κ3) is 5.31. The number of hydrogen-bond acceptors (Lipinski definition) is 6. The van der Waals surface area contributed by atoms with Gasteiger partial charge in [-0.2, -0.15) is 0 Å². The molecule has 4 aromatic carbocycles. The molecule has 0 saturated carbocycles. The second-order valence-electron chi connectivity index (χ2n) is 8.03. The van der Waals surface area contributed by atoms with E-state index in [1.54, 1.807) is 74.8 Å². The van der Waals surface area contributed by atoms with Gasteiger partial charge in [-0.1, -0.05) is 24.3 Å². The summed E-state index contributed by atoms with van der Waals surface area (Å²) in [6.45, 7) is 3.61. The van der Waals surface area contributed by atoms with Crippen molar-refractivity contribution >= 4 is 33.6 Å². The summed E-state index contributed by atoms with van der Waals surface area (Å²) in [5.74, 6) is 0.331. The maximum Gasteiger partial charge on any atom is 0.206 e. The molecule has 35 heavy (non-hydrogen) atoms. The first-order valence-corrected chi connectivity index (χ1v) is 12.3. The fourth-order valence-corrected chi connectivity index (χ4v) is 4.68. The number of aromatic hydroxyl groups is 2. The highest BCUT2D eigenvalue weighted by atomic mass is 32.2. The Morgan fingerprint density at radius 1 is 0.600 bits per heavy atom. The van der Waals surface area contributed by atoms with E-state index in [4.69, 9.17) is 0 Å². The summed E-state index contributed by atoms with van der Waals surface area (Å²) in [5, 5.41) is 20.2. The number of hydrogen-bond donors (Lipinski definition) is 2. The quantitative estimate of drug-likeness (QED) is 0.326. The van der Waals surface area contributed by atoms with Crippen LogP contribution < -0.4 is 0 Å². The number of aryl methyl sites for hydroxylation is 2. The predicted molar refractivity (Wildman–Crippen MR) is 139 cm³/mol. The lowest BCUT2D eigenvalue weighted by Crippen LogP contribution is -2.01. The third-order valence-electron chi connectivity index (χ3n) is 5.54. The summed E-state index contributed by atoms with van der Waals surface area (Å²) >= 11 is 0. The van der Waals surface area contributed by atoms with Crippen LogP contribution in [0.25, 0.3) is 0 Å². The average molecular weight is 485 g/mol. The van der Waals surface area contributed by atoms with Crippen LogP contribution in [0.5, 0.6) is 11.5 Å². The number of rotatable bonds is 6. The van der Waals surface area contributed by atoms with Gasteiger partial charge in [0.15, 0.2) is 0 Å². The molecule has 176 valence electrons. The van der Waals surface area contributed by atoms with Gasteiger partial charge in [0.1, 0.15) is 11.5 Å². The van der Waals surface area contributed by atoms with E-state index in [-0.39, 0.29) is 21.3 Å². The molecule has 4 rings (SSSR count). The summed E-state index contributed by atoms with van der Waals surface area (Å²) in [6, 6.07) is 23.2. The van der Waals surface area contributed by atoms with E-state index in [0.717, 1.165) is 11.1 Å². The van der Waals surface area contributed by atoms with Gasteiger partial charge in [0.05, 0.1) is 21.2 Å². The van der Waals surface area contributed by atoms with Crippen molar-refractivity contribution in [3.05, 3.63) is 107 Å². The molecule has 0 spiro atoms. The Hall–Kier alpha value is -4.23. The van der Waals surface area contributed by atoms with Crippen LogP contribution in [0.3, 0.4) is 0 Å². The van der Waals surface area contributed by atoms with Gasteiger partial charge in [-0.25, -0.2) is 8.42 Å². The average Bonchev–Trinajstić information content (AvgIpc) is 2.86. The van der Waals surface area contributed by atoms with E-state index in [0.29, 0.717) is 22.5 Å². The summed E-state index contributed by atoms with van der Waals surface area (Å²) < 4.78 is 26.1. The molecule has 0 saturated heterocycles. The fourth-order valence-electron chi connectivity index (χ4n) is 3.42. The van der Waals surface area contributed by atoms with Crippen LogP contribution in [-0.4, -0.2) is 31.1 Å². The molecule has 0 atom stereocenters. The van der Waals surface area contributed by atoms with Gasteiger partial charge < -0.3 is 10.2 Å². The van der Waals surface area contributed by atoms with Crippen LogP contribution in [0.4, 0.5) is 11.4 Å². The smallest absolute Gasteiger partial charge is 0.206 e. The lowest BCUT2D eigenvalue weighted by atomic mass is 10.1. The number of phenolic OH excluding ortho intramolecular Hbond substituents is 2. The summed E-state index contributed by atoms with van der Waals surface area (Å²) in [7, 11) is -3.72. The number of aliphatic imine (C=N–C) groups is 2. The zero-order valence-corrected chi connectivity index (χ0v) is 20.1. The molecule has 4 aromatic rings. The van der Waals surface area contributed by atoms with Gasteiger partial charge in [0.25, 0.3) is 0 Å². The molecule has 0 aliphatic rings. The molecular weight excluding hydrogens is 460 g/mol. The van der Waals surface area contributed by atoms with E-state index in [1.165, 1.54) is 24.3 Å². The fraction of sp³-hybridized carbons (Fsp3) is 0.0714. The molecule has 0 aliphatic carbocycles. The van der Waals surface area contributed by atoms with Crippen molar-refractivity contribution in [1.82, 2.24) is 0 Å². The lowest BCUT2D eigenvalue weighted by molar-refractivity contribution is 0.470. The van der Waals surface area contributed by atoms with Crippen LogP contribution in [0, 0.1) is 13.8 Å². The second kappa shape index (κ2) is 9.95. The van der Waals surface area contributed by atoms with Gasteiger partial charge in [-0.15, -0.1) is 0 Å². The first-order valence-electron chi connectivity index (χ1n) is 10.9. The van der Waals surface area contributed by atoms with Crippen LogP contribution in [-0.2, 0) is 9.84 Å². The van der Waals surface area contributed by atoms with Crippen molar-refractivity contribution in [3.8, 4) is 11.5 Å². The Morgan fingerprint density at radius 2 is 0.971 bits per heavy atom. The predicted octanol–water partition coefficient (Wildman–Crippen LogP) is 6.05. The SMILES string of the molecule is Cc1cccc(C=Nc2ccc(S(=O)(=O)c3ccc(N=Cc4cccc(C)c4O)cc3)cc2)c1O. The van der Waals surface area contributed by atoms with Crippen molar-refractivity contribution in [3.63, 3.8) is 0 Å². The monoisotopic (exact) mass is 484 g/mol. The third-order valence-corrected chi connectivity index (χ3v) is 7.32. The minimum absolute atomic E-state index is 0.149. The summed E-state index contributed by atoms with van der Waals surface area (Å²) in [5.41, 5.74) is 3.80. The normalized spacial score (nSPS) is 11.9. The highest BCUT2D eigenvalue weighted by molar-refractivity contribution is 7.91. The number of benzene rings is 4. The topological polar surface area (TPSA) is 99.3 Å². The van der Waals surface area contributed by atoms with Gasteiger partial charge in [0, 0.05) is 23.6 Å². The minimum Gasteiger partial charge on any atom is -0.507 e. The Morgan fingerprint density at radius 3 is 1.34 bits per heavy atom. The molecule has 7 heteroatoms. The highest BCUT2D eigenvalue weighted by Crippen LogP contribution is 2.26. The summed E-state index contributed by atoms with van der Waals surface area (Å²) in [6.07, 6.45) is 3.09. The molecule has 0 aromatic heterocycles. The van der Waals surface area contributed by atoms with Gasteiger partial charge in [-0.05, 0) is 85.6 Å². The van der Waals surface area contributed by atoms with E-state index >= 15 is 0 Å². The molecule has 0 aliphatic heterocycles. The zero-order chi connectivity index (χ0) is 25.0. The molecule has 0 fully saturated rings. The standard InChI is InChI=1S/C28H24N2O4S/c1-19-5-3-7-21(27(19)31)17-29-23-9-13-25(14-10-23)35(33,34)26-15-11-24(12-16-26)30-18-22-8-4-6-20(2)28(22)32/h3-18,31-32H,1-2H3. The van der Waals surface area contributed by atoms with Crippen molar-refractivity contribution in [2.75, 3.05) is 0 Å². The highest BCUT2D eigenvalue weighted by Gasteiger charge is 2.17. The molecule has 2 N–H and O–H groups in total. The molecule has 0 unspecified atom stereocenters.